The number of sulfonamides is 1. The molecule has 1 amide bonds. The van der Waals surface area contributed by atoms with Gasteiger partial charge in [-0.2, -0.15) is 0 Å². The first-order valence-electron chi connectivity index (χ1n) is 8.62. The highest BCUT2D eigenvalue weighted by atomic mass is 35.5. The van der Waals surface area contributed by atoms with Crippen LogP contribution in [0.4, 0.5) is 11.4 Å². The Morgan fingerprint density at radius 3 is 2.21 bits per heavy atom. The zero-order valence-electron chi connectivity index (χ0n) is 15.7. The number of carbonyl (C=O) groups is 1. The lowest BCUT2D eigenvalue weighted by Gasteiger charge is -2.12. The van der Waals surface area contributed by atoms with Crippen molar-refractivity contribution in [3.05, 3.63) is 87.4 Å². The number of hydrogen-bond donors (Lipinski definition) is 2. The summed E-state index contributed by atoms with van der Waals surface area (Å²) in [5.74, 6) is -0.409. The molecule has 2 N–H and O–H groups in total. The second-order valence-corrected chi connectivity index (χ2v) is 9.05. The summed E-state index contributed by atoms with van der Waals surface area (Å²) < 4.78 is 27.5. The van der Waals surface area contributed by atoms with E-state index in [1.54, 1.807) is 30.3 Å². The van der Waals surface area contributed by atoms with Crippen molar-refractivity contribution in [3.63, 3.8) is 0 Å². The van der Waals surface area contributed by atoms with Gasteiger partial charge in [-0.15, -0.1) is 0 Å². The summed E-state index contributed by atoms with van der Waals surface area (Å²) in [6.45, 7) is 3.70. The third-order valence-electron chi connectivity index (χ3n) is 4.23. The summed E-state index contributed by atoms with van der Waals surface area (Å²) in [6.07, 6.45) is 0. The monoisotopic (exact) mass is 448 g/mol. The van der Waals surface area contributed by atoms with Gasteiger partial charge in [0.05, 0.1) is 21.2 Å². The van der Waals surface area contributed by atoms with Crippen LogP contribution in [0.3, 0.4) is 0 Å². The van der Waals surface area contributed by atoms with Crippen molar-refractivity contribution in [1.29, 1.82) is 0 Å². The largest absolute Gasteiger partial charge is 0.322 e. The summed E-state index contributed by atoms with van der Waals surface area (Å²) in [5, 5.41) is 3.47. The molecule has 3 aromatic carbocycles. The molecule has 0 fully saturated rings. The van der Waals surface area contributed by atoms with E-state index < -0.39 is 15.9 Å². The fraction of sp³-hybridized carbons (Fsp3) is 0.0952. The van der Waals surface area contributed by atoms with E-state index in [1.165, 1.54) is 30.3 Å². The van der Waals surface area contributed by atoms with Crippen molar-refractivity contribution in [2.45, 2.75) is 18.7 Å². The highest BCUT2D eigenvalue weighted by Crippen LogP contribution is 2.26. The van der Waals surface area contributed by atoms with Gasteiger partial charge < -0.3 is 5.32 Å². The number of amides is 1. The smallest absolute Gasteiger partial charge is 0.261 e. The zero-order valence-corrected chi connectivity index (χ0v) is 18.0. The summed E-state index contributed by atoms with van der Waals surface area (Å²) >= 11 is 12.2. The predicted octanol–water partition coefficient (Wildman–Crippen LogP) is 5.66. The molecule has 0 aliphatic rings. The molecule has 0 heterocycles. The summed E-state index contributed by atoms with van der Waals surface area (Å²) in [6, 6.07) is 15.9. The third kappa shape index (κ3) is 5.09. The first-order valence-corrected chi connectivity index (χ1v) is 10.9. The molecule has 29 heavy (non-hydrogen) atoms. The molecule has 0 atom stereocenters. The molecular weight excluding hydrogens is 431 g/mol. The van der Waals surface area contributed by atoms with Crippen LogP contribution in [0.5, 0.6) is 0 Å². The van der Waals surface area contributed by atoms with Gasteiger partial charge in [0.25, 0.3) is 15.9 Å². The second-order valence-electron chi connectivity index (χ2n) is 6.53. The Labute approximate surface area is 179 Å². The lowest BCUT2D eigenvalue weighted by molar-refractivity contribution is 0.102. The van der Waals surface area contributed by atoms with Crippen molar-refractivity contribution >= 4 is 50.5 Å². The Kier molecular flexibility index (Phi) is 6.17. The van der Waals surface area contributed by atoms with Crippen LogP contribution in [-0.4, -0.2) is 14.3 Å². The molecule has 0 radical (unpaired) electrons. The van der Waals surface area contributed by atoms with Crippen molar-refractivity contribution in [1.82, 2.24) is 0 Å². The molecule has 3 aromatic rings. The molecule has 0 aliphatic carbocycles. The number of nitrogens with one attached hydrogen (secondary N) is 2. The average Bonchev–Trinajstić information content (AvgIpc) is 2.64. The van der Waals surface area contributed by atoms with E-state index in [9.17, 15) is 13.2 Å². The van der Waals surface area contributed by atoms with Crippen LogP contribution in [0.25, 0.3) is 0 Å². The predicted molar refractivity (Wildman–Crippen MR) is 118 cm³/mol. The number of anilines is 2. The first kappa shape index (κ1) is 21.2. The Hall–Kier alpha value is -2.54. The second kappa shape index (κ2) is 8.45. The van der Waals surface area contributed by atoms with Crippen LogP contribution in [0.15, 0.2) is 65.6 Å². The number of hydrogen-bond acceptors (Lipinski definition) is 3. The van der Waals surface area contributed by atoms with E-state index in [0.717, 1.165) is 11.1 Å². The van der Waals surface area contributed by atoms with Gasteiger partial charge >= 0.3 is 0 Å². The van der Waals surface area contributed by atoms with Crippen LogP contribution in [-0.2, 0) is 10.0 Å². The summed E-state index contributed by atoms with van der Waals surface area (Å²) in [4.78, 5) is 12.7. The van der Waals surface area contributed by atoms with Crippen LogP contribution in [0.2, 0.25) is 10.0 Å². The molecule has 3 rings (SSSR count). The van der Waals surface area contributed by atoms with Crippen molar-refractivity contribution in [2.75, 3.05) is 10.0 Å². The average molecular weight is 449 g/mol. The molecule has 0 saturated carbocycles. The molecule has 5 nitrogen and oxygen atoms in total. The molecule has 0 unspecified atom stereocenters. The Morgan fingerprint density at radius 2 is 1.59 bits per heavy atom. The fourth-order valence-corrected chi connectivity index (χ4v) is 4.19. The van der Waals surface area contributed by atoms with Gasteiger partial charge in [-0.1, -0.05) is 40.9 Å². The maximum absolute atomic E-state index is 12.6. The highest BCUT2D eigenvalue weighted by molar-refractivity contribution is 7.92. The summed E-state index contributed by atoms with van der Waals surface area (Å²) in [7, 11) is -3.76. The topological polar surface area (TPSA) is 75.3 Å². The van der Waals surface area contributed by atoms with Crippen LogP contribution < -0.4 is 10.0 Å². The Balaban J connectivity index is 1.79. The quantitative estimate of drug-likeness (QED) is 0.528. The van der Waals surface area contributed by atoms with Gasteiger partial charge in [0.2, 0.25) is 0 Å². The number of rotatable bonds is 5. The lowest BCUT2D eigenvalue weighted by Crippen LogP contribution is -2.15. The minimum atomic E-state index is -3.76. The van der Waals surface area contributed by atoms with Gasteiger partial charge in [0.1, 0.15) is 0 Å². The van der Waals surface area contributed by atoms with E-state index in [4.69, 9.17) is 23.2 Å². The molecule has 0 bridgehead atoms. The van der Waals surface area contributed by atoms with Crippen molar-refractivity contribution in [2.24, 2.45) is 0 Å². The van der Waals surface area contributed by atoms with E-state index in [-0.39, 0.29) is 21.2 Å². The van der Waals surface area contributed by atoms with Gasteiger partial charge in [-0.25, -0.2) is 8.42 Å². The molecule has 8 heteroatoms. The molecule has 0 saturated heterocycles. The molecule has 0 aromatic heterocycles. The molecule has 0 aliphatic heterocycles. The van der Waals surface area contributed by atoms with E-state index in [1.807, 2.05) is 13.8 Å². The number of benzene rings is 3. The molecule has 0 spiro atoms. The van der Waals surface area contributed by atoms with E-state index in [2.05, 4.69) is 10.0 Å². The first-order chi connectivity index (χ1) is 13.7. The minimum absolute atomic E-state index is 0.123. The van der Waals surface area contributed by atoms with Crippen molar-refractivity contribution < 1.29 is 13.2 Å². The standard InChI is InChI=1S/C21H18Cl2N2O3S/c1-13-3-7-17(8-4-13)29(27,28)25-16-6-9-18(19(23)12-16)21(26)24-20-10-5-15(22)11-14(20)2/h3-12,25H,1-2H3,(H,24,26). The van der Waals surface area contributed by atoms with Gasteiger partial charge in [0, 0.05) is 10.7 Å². The highest BCUT2D eigenvalue weighted by Gasteiger charge is 2.17. The number of halogens is 2. The van der Waals surface area contributed by atoms with E-state index >= 15 is 0 Å². The summed E-state index contributed by atoms with van der Waals surface area (Å²) in [5.41, 5.74) is 2.86. The number of carbonyl (C=O) groups excluding carboxylic acids is 1. The van der Waals surface area contributed by atoms with E-state index in [0.29, 0.717) is 10.7 Å². The maximum Gasteiger partial charge on any atom is 0.261 e. The van der Waals surface area contributed by atoms with Gasteiger partial charge in [0.15, 0.2) is 0 Å². The third-order valence-corrected chi connectivity index (χ3v) is 6.18. The minimum Gasteiger partial charge on any atom is -0.322 e. The Morgan fingerprint density at radius 1 is 0.897 bits per heavy atom. The van der Waals surface area contributed by atoms with Gasteiger partial charge in [-0.05, 0) is 67.9 Å². The number of aryl methyl sites for hydroxylation is 2. The lowest BCUT2D eigenvalue weighted by atomic mass is 10.1. The normalized spacial score (nSPS) is 11.2. The molecular formula is C21H18Cl2N2O3S. The van der Waals surface area contributed by atoms with Gasteiger partial charge in [-0.3, -0.25) is 9.52 Å². The molecule has 150 valence electrons. The van der Waals surface area contributed by atoms with Crippen LogP contribution in [0.1, 0.15) is 21.5 Å². The van der Waals surface area contributed by atoms with Crippen LogP contribution >= 0.6 is 23.2 Å². The Bertz CT molecular complexity index is 1180. The maximum atomic E-state index is 12.6. The SMILES string of the molecule is Cc1ccc(S(=O)(=O)Nc2ccc(C(=O)Nc3ccc(Cl)cc3C)c(Cl)c2)cc1. The fourth-order valence-electron chi connectivity index (χ4n) is 2.65. The van der Waals surface area contributed by atoms with Crippen molar-refractivity contribution in [3.8, 4) is 0 Å². The zero-order chi connectivity index (χ0) is 21.2. The van der Waals surface area contributed by atoms with Crippen LogP contribution in [0, 0.1) is 13.8 Å².